The summed E-state index contributed by atoms with van der Waals surface area (Å²) in [5.41, 5.74) is 6.54. The van der Waals surface area contributed by atoms with Crippen LogP contribution in [0.5, 0.6) is 0 Å². The lowest BCUT2D eigenvalue weighted by Crippen LogP contribution is -2.32. The van der Waals surface area contributed by atoms with Gasteiger partial charge in [0.25, 0.3) is 0 Å². The van der Waals surface area contributed by atoms with E-state index in [1.807, 2.05) is 19.9 Å². The highest BCUT2D eigenvalue weighted by Crippen LogP contribution is 2.11. The van der Waals surface area contributed by atoms with Gasteiger partial charge in [0, 0.05) is 18.5 Å². The fourth-order valence-electron chi connectivity index (χ4n) is 1.80. The Labute approximate surface area is 114 Å². The Kier molecular flexibility index (Phi) is 6.50. The zero-order valence-electron chi connectivity index (χ0n) is 11.7. The van der Waals surface area contributed by atoms with E-state index in [-0.39, 0.29) is 23.7 Å². The van der Waals surface area contributed by atoms with Crippen molar-refractivity contribution < 1.29 is 9.18 Å². The van der Waals surface area contributed by atoms with Gasteiger partial charge >= 0.3 is 0 Å². The van der Waals surface area contributed by atoms with Crippen LogP contribution in [0.1, 0.15) is 32.3 Å². The van der Waals surface area contributed by atoms with Gasteiger partial charge in [-0.3, -0.25) is 4.79 Å². The molecular weight excluding hydrogens is 243 g/mol. The summed E-state index contributed by atoms with van der Waals surface area (Å²) in [6.07, 6.45) is 2.20. The van der Waals surface area contributed by atoms with Crippen molar-refractivity contribution in [3.05, 3.63) is 35.6 Å². The number of hydrogen-bond acceptors (Lipinski definition) is 2. The molecule has 0 aliphatic heterocycles. The van der Waals surface area contributed by atoms with Gasteiger partial charge in [0.2, 0.25) is 5.91 Å². The van der Waals surface area contributed by atoms with E-state index in [9.17, 15) is 9.18 Å². The van der Waals surface area contributed by atoms with Crippen molar-refractivity contribution in [1.29, 1.82) is 0 Å². The summed E-state index contributed by atoms with van der Waals surface area (Å²) in [7, 11) is 0. The maximum absolute atomic E-state index is 13.0. The van der Waals surface area contributed by atoms with Gasteiger partial charge < -0.3 is 11.1 Å². The summed E-state index contributed by atoms with van der Waals surface area (Å²) in [5.74, 6) is -0.264. The fraction of sp³-hybridized carbons (Fsp3) is 0.533. The molecule has 106 valence electrons. The highest BCUT2D eigenvalue weighted by Gasteiger charge is 2.12. The normalized spacial score (nSPS) is 13.9. The van der Waals surface area contributed by atoms with Crippen molar-refractivity contribution in [2.24, 2.45) is 11.7 Å². The number of amides is 1. The Morgan fingerprint density at radius 2 is 2.11 bits per heavy atom. The van der Waals surface area contributed by atoms with Crippen LogP contribution in [-0.2, 0) is 11.2 Å². The van der Waals surface area contributed by atoms with Crippen molar-refractivity contribution in [3.8, 4) is 0 Å². The molecule has 1 rings (SSSR count). The van der Waals surface area contributed by atoms with Crippen LogP contribution in [0.25, 0.3) is 0 Å². The van der Waals surface area contributed by atoms with Crippen LogP contribution in [0.2, 0.25) is 0 Å². The molecule has 1 aromatic rings. The third kappa shape index (κ3) is 6.34. The van der Waals surface area contributed by atoms with Crippen molar-refractivity contribution in [2.45, 2.75) is 39.2 Å². The molecule has 2 atom stereocenters. The van der Waals surface area contributed by atoms with Gasteiger partial charge in [-0.25, -0.2) is 4.39 Å². The molecule has 1 amide bonds. The molecule has 0 bridgehead atoms. The van der Waals surface area contributed by atoms with Gasteiger partial charge in [-0.2, -0.15) is 0 Å². The lowest BCUT2D eigenvalue weighted by Gasteiger charge is -2.13. The molecule has 0 heterocycles. The van der Waals surface area contributed by atoms with Crippen LogP contribution in [-0.4, -0.2) is 18.5 Å². The summed E-state index contributed by atoms with van der Waals surface area (Å²) >= 11 is 0. The number of aryl methyl sites for hydroxylation is 1. The van der Waals surface area contributed by atoms with E-state index < -0.39 is 0 Å². The minimum Gasteiger partial charge on any atom is -0.356 e. The molecular formula is C15H23FN2O. The number of nitrogens with one attached hydrogen (secondary N) is 1. The third-order valence-corrected chi connectivity index (χ3v) is 3.10. The van der Waals surface area contributed by atoms with E-state index >= 15 is 0 Å². The number of rotatable bonds is 7. The number of halogens is 1. The summed E-state index contributed by atoms with van der Waals surface area (Å²) in [6.45, 7) is 4.42. The average molecular weight is 266 g/mol. The Hall–Kier alpha value is -1.42. The molecule has 0 aliphatic carbocycles. The highest BCUT2D eigenvalue weighted by atomic mass is 19.1. The van der Waals surface area contributed by atoms with E-state index in [4.69, 9.17) is 5.73 Å². The smallest absolute Gasteiger partial charge is 0.222 e. The van der Waals surface area contributed by atoms with Crippen LogP contribution < -0.4 is 11.1 Å². The van der Waals surface area contributed by atoms with Crippen molar-refractivity contribution in [1.82, 2.24) is 5.32 Å². The predicted octanol–water partition coefficient (Wildman–Crippen LogP) is 2.25. The minimum absolute atomic E-state index is 0.0389. The summed E-state index contributed by atoms with van der Waals surface area (Å²) in [5, 5.41) is 2.87. The average Bonchev–Trinajstić information content (AvgIpc) is 2.35. The molecule has 0 saturated heterocycles. The Bertz CT molecular complexity index is 407. The Morgan fingerprint density at radius 3 is 2.74 bits per heavy atom. The largest absolute Gasteiger partial charge is 0.356 e. The van der Waals surface area contributed by atoms with E-state index in [1.165, 1.54) is 12.1 Å². The van der Waals surface area contributed by atoms with Gasteiger partial charge in [-0.1, -0.05) is 19.1 Å². The van der Waals surface area contributed by atoms with E-state index in [1.54, 1.807) is 6.07 Å². The quantitative estimate of drug-likeness (QED) is 0.795. The Morgan fingerprint density at radius 1 is 1.37 bits per heavy atom. The molecule has 4 heteroatoms. The lowest BCUT2D eigenvalue weighted by molar-refractivity contribution is -0.124. The van der Waals surface area contributed by atoms with Crippen LogP contribution in [0, 0.1) is 11.7 Å². The summed E-state index contributed by atoms with van der Waals surface area (Å²) in [4.78, 5) is 11.8. The van der Waals surface area contributed by atoms with Gasteiger partial charge in [0.15, 0.2) is 0 Å². The molecule has 0 spiro atoms. The molecule has 3 N–H and O–H groups in total. The zero-order valence-corrected chi connectivity index (χ0v) is 11.7. The van der Waals surface area contributed by atoms with Crippen molar-refractivity contribution in [3.63, 3.8) is 0 Å². The van der Waals surface area contributed by atoms with Gasteiger partial charge in [0.1, 0.15) is 5.82 Å². The molecule has 0 aliphatic rings. The third-order valence-electron chi connectivity index (χ3n) is 3.10. The number of hydrogen-bond donors (Lipinski definition) is 2. The number of carbonyl (C=O) groups is 1. The first-order valence-corrected chi connectivity index (χ1v) is 6.76. The Balaban J connectivity index is 2.30. The first-order chi connectivity index (χ1) is 8.99. The second kappa shape index (κ2) is 7.89. The number of carbonyl (C=O) groups excluding carboxylic acids is 1. The molecule has 1 aromatic carbocycles. The second-order valence-corrected chi connectivity index (χ2v) is 5.13. The summed E-state index contributed by atoms with van der Waals surface area (Å²) < 4.78 is 13.0. The predicted molar refractivity (Wildman–Crippen MR) is 75.2 cm³/mol. The lowest BCUT2D eigenvalue weighted by atomic mass is 10.0. The van der Waals surface area contributed by atoms with Gasteiger partial charge in [-0.05, 0) is 43.9 Å². The fourth-order valence-corrected chi connectivity index (χ4v) is 1.80. The van der Waals surface area contributed by atoms with E-state index in [0.717, 1.165) is 12.0 Å². The van der Waals surface area contributed by atoms with E-state index in [0.29, 0.717) is 19.4 Å². The molecule has 0 aromatic heterocycles. The first kappa shape index (κ1) is 15.6. The van der Waals surface area contributed by atoms with E-state index in [2.05, 4.69) is 5.32 Å². The standard InChI is InChI=1S/C15H23FN2O/c1-11(15(19)18-9-8-12(2)17)6-7-13-4-3-5-14(16)10-13/h3-5,10-12H,6-9,17H2,1-2H3,(H,18,19). The van der Waals surface area contributed by atoms with Crippen molar-refractivity contribution >= 4 is 5.91 Å². The number of benzene rings is 1. The zero-order chi connectivity index (χ0) is 14.3. The summed E-state index contributed by atoms with van der Waals surface area (Å²) in [6, 6.07) is 6.61. The molecule has 3 nitrogen and oxygen atoms in total. The second-order valence-electron chi connectivity index (χ2n) is 5.13. The first-order valence-electron chi connectivity index (χ1n) is 6.76. The monoisotopic (exact) mass is 266 g/mol. The molecule has 0 fully saturated rings. The number of nitrogens with two attached hydrogens (primary N) is 1. The highest BCUT2D eigenvalue weighted by molar-refractivity contribution is 5.78. The molecule has 19 heavy (non-hydrogen) atoms. The molecule has 0 radical (unpaired) electrons. The van der Waals surface area contributed by atoms with Gasteiger partial charge in [-0.15, -0.1) is 0 Å². The minimum atomic E-state index is -0.230. The SMILES string of the molecule is CC(N)CCNC(=O)C(C)CCc1cccc(F)c1. The maximum Gasteiger partial charge on any atom is 0.222 e. The van der Waals surface area contributed by atoms with Crippen LogP contribution in [0.4, 0.5) is 4.39 Å². The van der Waals surface area contributed by atoms with Gasteiger partial charge in [0.05, 0.1) is 0 Å². The van der Waals surface area contributed by atoms with Crippen LogP contribution in [0.15, 0.2) is 24.3 Å². The van der Waals surface area contributed by atoms with Crippen LogP contribution >= 0.6 is 0 Å². The maximum atomic E-state index is 13.0. The molecule has 0 saturated carbocycles. The van der Waals surface area contributed by atoms with Crippen molar-refractivity contribution in [2.75, 3.05) is 6.54 Å². The molecule has 2 unspecified atom stereocenters. The topological polar surface area (TPSA) is 55.1 Å². The van der Waals surface area contributed by atoms with Crippen LogP contribution in [0.3, 0.4) is 0 Å².